The predicted octanol–water partition coefficient (Wildman–Crippen LogP) is 3.60. The number of hydrogen-bond acceptors (Lipinski definition) is 5. The largest absolute Gasteiger partial charge is 0.462 e. The number of nitrogens with one attached hydrogen (secondary N) is 1. The summed E-state index contributed by atoms with van der Waals surface area (Å²) in [4.78, 5) is 24.5. The first kappa shape index (κ1) is 22.4. The van der Waals surface area contributed by atoms with Crippen molar-refractivity contribution >= 4 is 33.3 Å². The molecule has 0 aromatic heterocycles. The Morgan fingerprint density at radius 1 is 1.00 bits per heavy atom. The van der Waals surface area contributed by atoms with Crippen LogP contribution in [0, 0.1) is 6.92 Å². The molecule has 0 aliphatic rings. The standard InChI is InChI=1S/C21H26N2O5S/c1-5-23(29(26,27)7-3)18-12-10-16(11-13-18)20(24)22-19-14-17(9-8-15(19)4)21(25)28-6-2/h8-14H,5-7H2,1-4H3,(H,22,24). The Morgan fingerprint density at radius 3 is 2.17 bits per heavy atom. The molecule has 0 spiro atoms. The highest BCUT2D eigenvalue weighted by atomic mass is 32.2. The molecule has 0 unspecified atom stereocenters. The third-order valence-corrected chi connectivity index (χ3v) is 6.27. The van der Waals surface area contributed by atoms with Gasteiger partial charge in [-0.25, -0.2) is 13.2 Å². The topological polar surface area (TPSA) is 92.8 Å². The molecule has 2 aromatic rings. The number of sulfonamides is 1. The Labute approximate surface area is 171 Å². The molecule has 0 fully saturated rings. The Hall–Kier alpha value is -2.87. The second-order valence-corrected chi connectivity index (χ2v) is 8.50. The number of hydrogen-bond donors (Lipinski definition) is 1. The number of esters is 1. The van der Waals surface area contributed by atoms with E-state index in [-0.39, 0.29) is 18.3 Å². The fraction of sp³-hybridized carbons (Fsp3) is 0.333. The van der Waals surface area contributed by atoms with Crippen LogP contribution in [0.2, 0.25) is 0 Å². The van der Waals surface area contributed by atoms with Crippen molar-refractivity contribution in [3.8, 4) is 0 Å². The minimum absolute atomic E-state index is 0.000833. The van der Waals surface area contributed by atoms with Crippen LogP contribution in [-0.4, -0.2) is 39.2 Å². The van der Waals surface area contributed by atoms with Gasteiger partial charge in [-0.3, -0.25) is 9.10 Å². The maximum atomic E-state index is 12.6. The molecule has 29 heavy (non-hydrogen) atoms. The zero-order chi connectivity index (χ0) is 21.6. The first-order chi connectivity index (χ1) is 13.7. The number of aryl methyl sites for hydroxylation is 1. The number of carbonyl (C=O) groups is 2. The highest BCUT2D eigenvalue weighted by Gasteiger charge is 2.19. The molecule has 0 radical (unpaired) electrons. The molecule has 2 rings (SSSR count). The molecule has 1 N–H and O–H groups in total. The molecule has 156 valence electrons. The van der Waals surface area contributed by atoms with E-state index in [0.717, 1.165) is 5.56 Å². The van der Waals surface area contributed by atoms with E-state index in [1.807, 2.05) is 6.92 Å². The Bertz CT molecular complexity index is 985. The summed E-state index contributed by atoms with van der Waals surface area (Å²) in [6.45, 7) is 7.47. The first-order valence-corrected chi connectivity index (χ1v) is 11.0. The van der Waals surface area contributed by atoms with E-state index >= 15 is 0 Å². The fourth-order valence-electron chi connectivity index (χ4n) is 2.77. The van der Waals surface area contributed by atoms with Crippen molar-refractivity contribution in [1.29, 1.82) is 0 Å². The SMILES string of the molecule is CCOC(=O)c1ccc(C)c(NC(=O)c2ccc(N(CC)S(=O)(=O)CC)cc2)c1. The van der Waals surface area contributed by atoms with Crippen LogP contribution in [0.1, 0.15) is 47.1 Å². The summed E-state index contributed by atoms with van der Waals surface area (Å²) in [6.07, 6.45) is 0. The summed E-state index contributed by atoms with van der Waals surface area (Å²) >= 11 is 0. The summed E-state index contributed by atoms with van der Waals surface area (Å²) in [5, 5.41) is 2.79. The van der Waals surface area contributed by atoms with Crippen LogP contribution in [0.15, 0.2) is 42.5 Å². The van der Waals surface area contributed by atoms with Crippen LogP contribution in [0.3, 0.4) is 0 Å². The van der Waals surface area contributed by atoms with Gasteiger partial charge in [-0.05, 0) is 69.7 Å². The zero-order valence-corrected chi connectivity index (χ0v) is 17.9. The van der Waals surface area contributed by atoms with Gasteiger partial charge in [-0.1, -0.05) is 6.07 Å². The molecule has 1 amide bonds. The number of nitrogens with zero attached hydrogens (tertiary/aromatic N) is 1. The van der Waals surface area contributed by atoms with Crippen molar-refractivity contribution in [2.24, 2.45) is 0 Å². The van der Waals surface area contributed by atoms with Gasteiger partial charge in [-0.15, -0.1) is 0 Å². The molecule has 0 heterocycles. The summed E-state index contributed by atoms with van der Waals surface area (Å²) < 4.78 is 30.6. The Morgan fingerprint density at radius 2 is 1.62 bits per heavy atom. The molecular formula is C21H26N2O5S. The van der Waals surface area contributed by atoms with Crippen molar-refractivity contribution in [3.05, 3.63) is 59.2 Å². The van der Waals surface area contributed by atoms with Gasteiger partial charge in [0, 0.05) is 17.8 Å². The normalized spacial score (nSPS) is 11.0. The van der Waals surface area contributed by atoms with Crippen LogP contribution >= 0.6 is 0 Å². The predicted molar refractivity (Wildman–Crippen MR) is 114 cm³/mol. The maximum absolute atomic E-state index is 12.6. The van der Waals surface area contributed by atoms with Gasteiger partial charge in [0.05, 0.1) is 23.6 Å². The molecule has 0 atom stereocenters. The molecule has 0 saturated carbocycles. The van der Waals surface area contributed by atoms with Crippen molar-refractivity contribution < 1.29 is 22.7 Å². The Kier molecular flexibility index (Phi) is 7.39. The number of rotatable bonds is 8. The third-order valence-electron chi connectivity index (χ3n) is 4.40. The van der Waals surface area contributed by atoms with E-state index in [4.69, 9.17) is 4.74 Å². The van der Waals surface area contributed by atoms with Gasteiger partial charge >= 0.3 is 5.97 Å². The molecule has 2 aromatic carbocycles. The van der Waals surface area contributed by atoms with E-state index in [9.17, 15) is 18.0 Å². The van der Waals surface area contributed by atoms with Crippen LogP contribution in [0.4, 0.5) is 11.4 Å². The molecule has 8 heteroatoms. The highest BCUT2D eigenvalue weighted by molar-refractivity contribution is 7.92. The lowest BCUT2D eigenvalue weighted by Crippen LogP contribution is -2.32. The molecule has 0 bridgehead atoms. The van der Waals surface area contributed by atoms with Crippen molar-refractivity contribution in [2.75, 3.05) is 28.5 Å². The zero-order valence-electron chi connectivity index (χ0n) is 17.1. The maximum Gasteiger partial charge on any atom is 0.338 e. The van der Waals surface area contributed by atoms with Gasteiger partial charge < -0.3 is 10.1 Å². The highest BCUT2D eigenvalue weighted by Crippen LogP contribution is 2.21. The van der Waals surface area contributed by atoms with E-state index in [1.54, 1.807) is 63.2 Å². The lowest BCUT2D eigenvalue weighted by molar-refractivity contribution is 0.0526. The van der Waals surface area contributed by atoms with Gasteiger partial charge in [0.1, 0.15) is 0 Å². The molecular weight excluding hydrogens is 392 g/mol. The second kappa shape index (κ2) is 9.56. The second-order valence-electron chi connectivity index (χ2n) is 6.32. The summed E-state index contributed by atoms with van der Waals surface area (Å²) in [6, 6.07) is 11.3. The van der Waals surface area contributed by atoms with E-state index in [2.05, 4.69) is 5.32 Å². The number of anilines is 2. The summed E-state index contributed by atoms with van der Waals surface area (Å²) in [7, 11) is -3.38. The minimum atomic E-state index is -3.38. The average Bonchev–Trinajstić information content (AvgIpc) is 2.70. The van der Waals surface area contributed by atoms with Gasteiger partial charge in [0.25, 0.3) is 5.91 Å². The van der Waals surface area contributed by atoms with Crippen LogP contribution < -0.4 is 9.62 Å². The molecule has 7 nitrogen and oxygen atoms in total. The van der Waals surface area contributed by atoms with E-state index in [1.165, 1.54) is 4.31 Å². The van der Waals surface area contributed by atoms with Gasteiger partial charge in [0.2, 0.25) is 10.0 Å². The average molecular weight is 419 g/mol. The van der Waals surface area contributed by atoms with Crippen LogP contribution in [-0.2, 0) is 14.8 Å². The number of benzene rings is 2. The van der Waals surface area contributed by atoms with Gasteiger partial charge in [-0.2, -0.15) is 0 Å². The number of carbonyl (C=O) groups excluding carboxylic acids is 2. The number of ether oxygens (including phenoxy) is 1. The summed E-state index contributed by atoms with van der Waals surface area (Å²) in [5.41, 5.74) is 2.54. The summed E-state index contributed by atoms with van der Waals surface area (Å²) in [5.74, 6) is -0.815. The third kappa shape index (κ3) is 5.35. The number of amides is 1. The van der Waals surface area contributed by atoms with Crippen LogP contribution in [0.5, 0.6) is 0 Å². The molecule has 0 saturated heterocycles. The fourth-order valence-corrected chi connectivity index (χ4v) is 3.92. The van der Waals surface area contributed by atoms with Crippen LogP contribution in [0.25, 0.3) is 0 Å². The molecule has 0 aliphatic carbocycles. The lowest BCUT2D eigenvalue weighted by atomic mass is 10.1. The Balaban J connectivity index is 2.22. The molecule has 0 aliphatic heterocycles. The minimum Gasteiger partial charge on any atom is -0.462 e. The van der Waals surface area contributed by atoms with E-state index in [0.29, 0.717) is 29.0 Å². The lowest BCUT2D eigenvalue weighted by Gasteiger charge is -2.22. The van der Waals surface area contributed by atoms with Crippen molar-refractivity contribution in [3.63, 3.8) is 0 Å². The monoisotopic (exact) mass is 418 g/mol. The smallest absolute Gasteiger partial charge is 0.338 e. The van der Waals surface area contributed by atoms with Crippen molar-refractivity contribution in [2.45, 2.75) is 27.7 Å². The van der Waals surface area contributed by atoms with E-state index < -0.39 is 16.0 Å². The van der Waals surface area contributed by atoms with Gasteiger partial charge in [0.15, 0.2) is 0 Å². The first-order valence-electron chi connectivity index (χ1n) is 9.43. The quantitative estimate of drug-likeness (QED) is 0.661. The van der Waals surface area contributed by atoms with Crippen molar-refractivity contribution in [1.82, 2.24) is 0 Å².